The molecule has 1 atom stereocenters. The third-order valence-electron chi connectivity index (χ3n) is 2.49. The molecule has 1 N–H and O–H groups in total. The van der Waals surface area contributed by atoms with Crippen molar-refractivity contribution in [3.63, 3.8) is 0 Å². The minimum atomic E-state index is 0.0590. The zero-order valence-electron chi connectivity index (χ0n) is 7.90. The first-order valence-corrected chi connectivity index (χ1v) is 5.27. The number of rotatable bonds is 1. The number of likely N-dealkylation sites (N-methyl/N-ethyl adjacent to an activating group) is 1. The lowest BCUT2D eigenvalue weighted by Crippen LogP contribution is -2.42. The molecule has 2 rings (SSSR count). The molecule has 0 saturated heterocycles. The SMILES string of the molecule is CN1c2ccc(Br)cc2OCC1CO. The van der Waals surface area contributed by atoms with Crippen LogP contribution in [-0.2, 0) is 0 Å². The maximum Gasteiger partial charge on any atom is 0.143 e. The first kappa shape index (κ1) is 9.80. The monoisotopic (exact) mass is 257 g/mol. The van der Waals surface area contributed by atoms with Gasteiger partial charge in [0.25, 0.3) is 0 Å². The molecule has 76 valence electrons. The Morgan fingerprint density at radius 1 is 1.64 bits per heavy atom. The van der Waals surface area contributed by atoms with E-state index in [0.29, 0.717) is 6.61 Å². The molecule has 0 bridgehead atoms. The third kappa shape index (κ3) is 1.60. The van der Waals surface area contributed by atoms with Crippen molar-refractivity contribution in [2.75, 3.05) is 25.2 Å². The van der Waals surface area contributed by atoms with Gasteiger partial charge in [-0.15, -0.1) is 0 Å². The molecular weight excluding hydrogens is 246 g/mol. The van der Waals surface area contributed by atoms with Crippen molar-refractivity contribution in [1.29, 1.82) is 0 Å². The van der Waals surface area contributed by atoms with Crippen molar-refractivity contribution in [1.82, 2.24) is 0 Å². The summed E-state index contributed by atoms with van der Waals surface area (Å²) in [5.41, 5.74) is 1.03. The van der Waals surface area contributed by atoms with Crippen LogP contribution in [0, 0.1) is 0 Å². The molecule has 1 aromatic carbocycles. The van der Waals surface area contributed by atoms with E-state index in [1.165, 1.54) is 0 Å². The summed E-state index contributed by atoms with van der Waals surface area (Å²) in [5, 5.41) is 9.11. The summed E-state index contributed by atoms with van der Waals surface area (Å²) < 4.78 is 6.55. The van der Waals surface area contributed by atoms with Gasteiger partial charge in [0.15, 0.2) is 0 Å². The molecule has 14 heavy (non-hydrogen) atoms. The summed E-state index contributed by atoms with van der Waals surface area (Å²) in [7, 11) is 1.97. The second-order valence-corrected chi connectivity index (χ2v) is 4.29. The predicted octanol–water partition coefficient (Wildman–Crippen LogP) is 1.64. The number of nitrogens with zero attached hydrogens (tertiary/aromatic N) is 1. The fourth-order valence-corrected chi connectivity index (χ4v) is 1.90. The Kier molecular flexibility index (Phi) is 2.65. The van der Waals surface area contributed by atoms with Crippen LogP contribution in [0.25, 0.3) is 0 Å². The van der Waals surface area contributed by atoms with Gasteiger partial charge in [0.05, 0.1) is 18.3 Å². The van der Waals surface area contributed by atoms with E-state index in [-0.39, 0.29) is 12.6 Å². The van der Waals surface area contributed by atoms with Crippen LogP contribution in [-0.4, -0.2) is 31.4 Å². The van der Waals surface area contributed by atoms with Gasteiger partial charge in [-0.3, -0.25) is 0 Å². The number of ether oxygens (including phenoxy) is 1. The Hall–Kier alpha value is -0.740. The molecule has 4 heteroatoms. The number of halogens is 1. The summed E-state index contributed by atoms with van der Waals surface area (Å²) in [5.74, 6) is 0.867. The van der Waals surface area contributed by atoms with Crippen molar-refractivity contribution in [2.45, 2.75) is 6.04 Å². The van der Waals surface area contributed by atoms with Crippen molar-refractivity contribution in [2.24, 2.45) is 0 Å². The first-order valence-electron chi connectivity index (χ1n) is 4.48. The Labute approximate surface area is 91.4 Å². The molecule has 0 spiro atoms. The fraction of sp³-hybridized carbons (Fsp3) is 0.400. The Morgan fingerprint density at radius 2 is 2.43 bits per heavy atom. The van der Waals surface area contributed by atoms with E-state index in [9.17, 15) is 0 Å². The van der Waals surface area contributed by atoms with Crippen LogP contribution in [0.3, 0.4) is 0 Å². The lowest BCUT2D eigenvalue weighted by molar-refractivity contribution is 0.191. The van der Waals surface area contributed by atoms with Crippen LogP contribution in [0.4, 0.5) is 5.69 Å². The van der Waals surface area contributed by atoms with Crippen LogP contribution in [0.2, 0.25) is 0 Å². The standard InChI is InChI=1S/C10H12BrNO2/c1-12-8(5-13)6-14-10-4-7(11)2-3-9(10)12/h2-4,8,13H,5-6H2,1H3. The van der Waals surface area contributed by atoms with Crippen molar-refractivity contribution >= 4 is 21.6 Å². The minimum absolute atomic E-state index is 0.0590. The molecule has 0 fully saturated rings. The first-order chi connectivity index (χ1) is 6.72. The zero-order chi connectivity index (χ0) is 10.1. The molecule has 1 aliphatic heterocycles. The largest absolute Gasteiger partial charge is 0.489 e. The van der Waals surface area contributed by atoms with Gasteiger partial charge < -0.3 is 14.7 Å². The Morgan fingerprint density at radius 3 is 3.14 bits per heavy atom. The van der Waals surface area contributed by atoms with E-state index < -0.39 is 0 Å². The number of hydrogen-bond donors (Lipinski definition) is 1. The normalized spacial score (nSPS) is 20.2. The van der Waals surface area contributed by atoms with Crippen molar-refractivity contribution in [3.8, 4) is 5.75 Å². The van der Waals surface area contributed by atoms with E-state index in [2.05, 4.69) is 15.9 Å². The Balaban J connectivity index is 2.36. The van der Waals surface area contributed by atoms with E-state index in [4.69, 9.17) is 9.84 Å². The summed E-state index contributed by atoms with van der Waals surface area (Å²) in [6, 6.07) is 5.96. The molecule has 0 saturated carbocycles. The molecule has 3 nitrogen and oxygen atoms in total. The molecule has 1 aromatic rings. The highest BCUT2D eigenvalue weighted by Crippen LogP contribution is 2.34. The minimum Gasteiger partial charge on any atom is -0.489 e. The summed E-state index contributed by atoms with van der Waals surface area (Å²) >= 11 is 3.39. The fourth-order valence-electron chi connectivity index (χ4n) is 1.56. The zero-order valence-corrected chi connectivity index (χ0v) is 9.49. The van der Waals surface area contributed by atoms with Gasteiger partial charge in [-0.2, -0.15) is 0 Å². The lowest BCUT2D eigenvalue weighted by Gasteiger charge is -2.34. The van der Waals surface area contributed by atoms with Crippen LogP contribution >= 0.6 is 15.9 Å². The second-order valence-electron chi connectivity index (χ2n) is 3.37. The predicted molar refractivity (Wildman–Crippen MR) is 58.9 cm³/mol. The maximum atomic E-state index is 9.11. The van der Waals surface area contributed by atoms with Crippen LogP contribution in [0.15, 0.2) is 22.7 Å². The number of aliphatic hydroxyl groups excluding tert-OH is 1. The number of hydrogen-bond acceptors (Lipinski definition) is 3. The molecule has 1 heterocycles. The molecule has 1 aliphatic rings. The van der Waals surface area contributed by atoms with Gasteiger partial charge in [-0.05, 0) is 18.2 Å². The quantitative estimate of drug-likeness (QED) is 0.831. The van der Waals surface area contributed by atoms with E-state index in [1.54, 1.807) is 0 Å². The number of fused-ring (bicyclic) bond motifs is 1. The molecular formula is C10H12BrNO2. The number of benzene rings is 1. The highest BCUT2D eigenvalue weighted by Gasteiger charge is 2.23. The third-order valence-corrected chi connectivity index (χ3v) is 2.98. The number of anilines is 1. The van der Waals surface area contributed by atoms with E-state index in [0.717, 1.165) is 15.9 Å². The van der Waals surface area contributed by atoms with E-state index >= 15 is 0 Å². The maximum absolute atomic E-state index is 9.11. The Bertz CT molecular complexity index is 343. The average molecular weight is 258 g/mol. The van der Waals surface area contributed by atoms with Gasteiger partial charge in [0, 0.05) is 11.5 Å². The highest BCUT2D eigenvalue weighted by molar-refractivity contribution is 9.10. The topological polar surface area (TPSA) is 32.7 Å². The van der Waals surface area contributed by atoms with Gasteiger partial charge >= 0.3 is 0 Å². The summed E-state index contributed by atoms with van der Waals surface area (Å²) in [4.78, 5) is 2.05. The summed E-state index contributed by atoms with van der Waals surface area (Å²) in [6.07, 6.45) is 0. The molecule has 0 aliphatic carbocycles. The van der Waals surface area contributed by atoms with Crippen LogP contribution < -0.4 is 9.64 Å². The molecule has 0 amide bonds. The van der Waals surface area contributed by atoms with Gasteiger partial charge in [-0.1, -0.05) is 15.9 Å². The van der Waals surface area contributed by atoms with Crippen LogP contribution in [0.1, 0.15) is 0 Å². The van der Waals surface area contributed by atoms with Gasteiger partial charge in [-0.25, -0.2) is 0 Å². The van der Waals surface area contributed by atoms with Crippen molar-refractivity contribution in [3.05, 3.63) is 22.7 Å². The average Bonchev–Trinajstić information content (AvgIpc) is 2.18. The highest BCUT2D eigenvalue weighted by atomic mass is 79.9. The smallest absolute Gasteiger partial charge is 0.143 e. The molecule has 0 radical (unpaired) electrons. The lowest BCUT2D eigenvalue weighted by atomic mass is 10.2. The van der Waals surface area contributed by atoms with Crippen LogP contribution in [0.5, 0.6) is 5.75 Å². The second kappa shape index (κ2) is 3.79. The number of aliphatic hydroxyl groups is 1. The van der Waals surface area contributed by atoms with Gasteiger partial charge in [0.2, 0.25) is 0 Å². The molecule has 1 unspecified atom stereocenters. The van der Waals surface area contributed by atoms with Gasteiger partial charge in [0.1, 0.15) is 12.4 Å². The van der Waals surface area contributed by atoms with E-state index in [1.807, 2.05) is 30.1 Å². The van der Waals surface area contributed by atoms with Crippen molar-refractivity contribution < 1.29 is 9.84 Å². The molecule has 0 aromatic heterocycles. The summed E-state index contributed by atoms with van der Waals surface area (Å²) in [6.45, 7) is 0.655.